The Hall–Kier alpha value is -0.650. The van der Waals surface area contributed by atoms with Gasteiger partial charge in [0.25, 0.3) is 0 Å². The van der Waals surface area contributed by atoms with Crippen molar-refractivity contribution in [3.8, 4) is 0 Å². The summed E-state index contributed by atoms with van der Waals surface area (Å²) < 4.78 is 4.41. The monoisotopic (exact) mass is 406 g/mol. The van der Waals surface area contributed by atoms with Crippen molar-refractivity contribution in [2.24, 2.45) is 0 Å². The number of hydrogen-bond acceptors (Lipinski definition) is 5. The molecule has 0 aromatic carbocycles. The molecular formula is C21H39ClO5. The summed E-state index contributed by atoms with van der Waals surface area (Å²) in [7, 11) is 0. The SMILES string of the molecule is CCCCCCCCCCCCCCCCC(Cl)C(=O)OC(=O)C(O)CO. The van der Waals surface area contributed by atoms with Gasteiger partial charge in [-0.2, -0.15) is 0 Å². The van der Waals surface area contributed by atoms with Crippen LogP contribution in [-0.2, 0) is 14.3 Å². The molecule has 0 aromatic heterocycles. The van der Waals surface area contributed by atoms with Crippen LogP contribution in [0.3, 0.4) is 0 Å². The van der Waals surface area contributed by atoms with Gasteiger partial charge in [0.2, 0.25) is 0 Å². The second-order valence-electron chi connectivity index (χ2n) is 7.29. The standard InChI is InChI=1S/C21H39ClO5/c1-2-3-4-5-6-7-8-9-10-11-12-13-14-15-16-18(22)20(25)27-21(26)19(24)17-23/h18-19,23-24H,2-17H2,1H3. The number of aliphatic hydroxyl groups is 2. The van der Waals surface area contributed by atoms with Gasteiger partial charge in [0.05, 0.1) is 6.61 Å². The molecule has 27 heavy (non-hydrogen) atoms. The minimum Gasteiger partial charge on any atom is -0.393 e. The summed E-state index contributed by atoms with van der Waals surface area (Å²) in [6, 6.07) is 0. The van der Waals surface area contributed by atoms with E-state index in [0.29, 0.717) is 6.42 Å². The lowest BCUT2D eigenvalue weighted by atomic mass is 10.0. The molecule has 0 spiro atoms. The molecule has 0 fully saturated rings. The summed E-state index contributed by atoms with van der Waals surface area (Å²) in [6.07, 6.45) is 16.3. The molecule has 0 rings (SSSR count). The zero-order chi connectivity index (χ0) is 20.3. The molecule has 2 N–H and O–H groups in total. The first-order valence-electron chi connectivity index (χ1n) is 10.7. The highest BCUT2D eigenvalue weighted by Crippen LogP contribution is 2.15. The first kappa shape index (κ1) is 26.4. The lowest BCUT2D eigenvalue weighted by Gasteiger charge is -2.10. The van der Waals surface area contributed by atoms with Crippen molar-refractivity contribution >= 4 is 23.5 Å². The Morgan fingerprint density at radius 1 is 0.778 bits per heavy atom. The molecule has 0 saturated carbocycles. The molecule has 0 saturated heterocycles. The van der Waals surface area contributed by atoms with Crippen LogP contribution in [0.1, 0.15) is 103 Å². The topological polar surface area (TPSA) is 83.8 Å². The Morgan fingerprint density at radius 2 is 1.19 bits per heavy atom. The number of halogens is 1. The number of ether oxygens (including phenoxy) is 1. The predicted molar refractivity (Wildman–Crippen MR) is 109 cm³/mol. The van der Waals surface area contributed by atoms with E-state index in [1.54, 1.807) is 0 Å². The molecule has 5 nitrogen and oxygen atoms in total. The number of esters is 2. The van der Waals surface area contributed by atoms with Crippen molar-refractivity contribution in [2.75, 3.05) is 6.61 Å². The van der Waals surface area contributed by atoms with Crippen LogP contribution in [0.15, 0.2) is 0 Å². The highest BCUT2D eigenvalue weighted by molar-refractivity contribution is 6.30. The second kappa shape index (κ2) is 18.7. The molecule has 0 heterocycles. The van der Waals surface area contributed by atoms with Crippen LogP contribution in [0, 0.1) is 0 Å². The van der Waals surface area contributed by atoms with Gasteiger partial charge in [-0.15, -0.1) is 11.6 Å². The second-order valence-corrected chi connectivity index (χ2v) is 7.82. The molecule has 0 aliphatic rings. The summed E-state index contributed by atoms with van der Waals surface area (Å²) in [5.74, 6) is -2.02. The largest absolute Gasteiger partial charge is 0.393 e. The Bertz CT molecular complexity index is 376. The quantitative estimate of drug-likeness (QED) is 0.146. The van der Waals surface area contributed by atoms with Gasteiger partial charge >= 0.3 is 11.9 Å². The molecule has 0 radical (unpaired) electrons. The third-order valence-electron chi connectivity index (χ3n) is 4.71. The zero-order valence-corrected chi connectivity index (χ0v) is 17.7. The zero-order valence-electron chi connectivity index (χ0n) is 17.0. The smallest absolute Gasteiger partial charge is 0.345 e. The van der Waals surface area contributed by atoms with Crippen LogP contribution in [0.2, 0.25) is 0 Å². The molecule has 2 unspecified atom stereocenters. The van der Waals surface area contributed by atoms with E-state index in [0.717, 1.165) is 19.3 Å². The average Bonchev–Trinajstić information content (AvgIpc) is 2.67. The Balaban J connectivity index is 3.41. The number of hydrogen-bond donors (Lipinski definition) is 2. The van der Waals surface area contributed by atoms with Crippen LogP contribution < -0.4 is 0 Å². The van der Waals surface area contributed by atoms with Gasteiger partial charge in [-0.25, -0.2) is 9.59 Å². The lowest BCUT2D eigenvalue weighted by Crippen LogP contribution is -2.31. The first-order chi connectivity index (χ1) is 13.0. The lowest BCUT2D eigenvalue weighted by molar-refractivity contribution is -0.167. The highest BCUT2D eigenvalue weighted by atomic mass is 35.5. The summed E-state index contributed by atoms with van der Waals surface area (Å²) in [5, 5.41) is 16.8. The van der Waals surface area contributed by atoms with Crippen molar-refractivity contribution in [1.82, 2.24) is 0 Å². The third kappa shape index (κ3) is 16.0. The van der Waals surface area contributed by atoms with Crippen LogP contribution in [0.25, 0.3) is 0 Å². The average molecular weight is 407 g/mol. The van der Waals surface area contributed by atoms with E-state index in [2.05, 4.69) is 11.7 Å². The highest BCUT2D eigenvalue weighted by Gasteiger charge is 2.24. The van der Waals surface area contributed by atoms with Crippen LogP contribution in [0.5, 0.6) is 0 Å². The van der Waals surface area contributed by atoms with E-state index < -0.39 is 30.0 Å². The van der Waals surface area contributed by atoms with Crippen molar-refractivity contribution in [2.45, 2.75) is 115 Å². The van der Waals surface area contributed by atoms with Gasteiger partial charge in [0.15, 0.2) is 6.10 Å². The summed E-state index contributed by atoms with van der Waals surface area (Å²) in [6.45, 7) is 1.47. The number of unbranched alkanes of at least 4 members (excludes halogenated alkanes) is 13. The van der Waals surface area contributed by atoms with E-state index in [9.17, 15) is 9.59 Å². The Labute approximate surface area is 169 Å². The van der Waals surface area contributed by atoms with Crippen molar-refractivity contribution < 1.29 is 24.5 Å². The fourth-order valence-electron chi connectivity index (χ4n) is 2.94. The molecule has 0 bridgehead atoms. The maximum Gasteiger partial charge on any atom is 0.345 e. The van der Waals surface area contributed by atoms with Gasteiger partial charge in [0, 0.05) is 0 Å². The maximum absolute atomic E-state index is 11.6. The molecule has 0 aliphatic heterocycles. The number of rotatable bonds is 18. The first-order valence-corrected chi connectivity index (χ1v) is 11.1. The van der Waals surface area contributed by atoms with E-state index in [-0.39, 0.29) is 0 Å². The van der Waals surface area contributed by atoms with Crippen LogP contribution >= 0.6 is 11.6 Å². The summed E-state index contributed by atoms with van der Waals surface area (Å²) >= 11 is 5.90. The third-order valence-corrected chi connectivity index (χ3v) is 5.11. The minimum atomic E-state index is -1.70. The fourth-order valence-corrected chi connectivity index (χ4v) is 3.14. The molecule has 2 atom stereocenters. The minimum absolute atomic E-state index is 0.445. The normalized spacial score (nSPS) is 13.3. The van der Waals surface area contributed by atoms with Crippen molar-refractivity contribution in [1.29, 1.82) is 0 Å². The van der Waals surface area contributed by atoms with Gasteiger partial charge in [-0.1, -0.05) is 96.8 Å². The molecule has 0 aliphatic carbocycles. The van der Waals surface area contributed by atoms with E-state index in [1.807, 2.05) is 0 Å². The Morgan fingerprint density at radius 3 is 1.59 bits per heavy atom. The van der Waals surface area contributed by atoms with Gasteiger partial charge in [-0.3, -0.25) is 0 Å². The molecule has 0 aromatic rings. The van der Waals surface area contributed by atoms with Crippen molar-refractivity contribution in [3.63, 3.8) is 0 Å². The van der Waals surface area contributed by atoms with Crippen LogP contribution in [0.4, 0.5) is 0 Å². The number of aliphatic hydroxyl groups excluding tert-OH is 2. The summed E-state index contributed by atoms with van der Waals surface area (Å²) in [4.78, 5) is 22.7. The molecule has 160 valence electrons. The van der Waals surface area contributed by atoms with E-state index in [1.165, 1.54) is 70.6 Å². The number of alkyl halides is 1. The molecule has 0 amide bonds. The fraction of sp³-hybridized carbons (Fsp3) is 0.905. The van der Waals surface area contributed by atoms with Crippen molar-refractivity contribution in [3.05, 3.63) is 0 Å². The van der Waals surface area contributed by atoms with E-state index in [4.69, 9.17) is 21.8 Å². The molecule has 6 heteroatoms. The van der Waals surface area contributed by atoms with Gasteiger partial charge in [-0.05, 0) is 6.42 Å². The Kier molecular flexibility index (Phi) is 18.3. The number of carbonyl (C=O) groups is 2. The predicted octanol–water partition coefficient (Wildman–Crippen LogP) is 4.89. The van der Waals surface area contributed by atoms with Gasteiger partial charge < -0.3 is 14.9 Å². The van der Waals surface area contributed by atoms with E-state index >= 15 is 0 Å². The summed E-state index contributed by atoms with van der Waals surface area (Å²) in [5.41, 5.74) is 0. The molecular weight excluding hydrogens is 368 g/mol. The van der Waals surface area contributed by atoms with Crippen LogP contribution in [-0.4, -0.2) is 40.2 Å². The maximum atomic E-state index is 11.6. The number of carbonyl (C=O) groups excluding carboxylic acids is 2. The van der Waals surface area contributed by atoms with Gasteiger partial charge in [0.1, 0.15) is 5.38 Å².